The third-order valence-corrected chi connectivity index (χ3v) is 2.46. The molecule has 0 aliphatic heterocycles. The zero-order valence-electron chi connectivity index (χ0n) is 11.2. The first-order valence-corrected chi connectivity index (χ1v) is 6.24. The standard InChI is InChI=1S/C13H18ClFN2O2/c1-13(2,3)19-12(18)17-7-11(16)9-5-4-8(14)6-10(9)15/h4-6,11H,7,16H2,1-3H3,(H,17,18). The first kappa shape index (κ1) is 15.7. The number of carbonyl (C=O) groups excluding carboxylic acids is 1. The number of hydrogen-bond acceptors (Lipinski definition) is 3. The third-order valence-electron chi connectivity index (χ3n) is 2.23. The van der Waals surface area contributed by atoms with E-state index in [1.165, 1.54) is 12.1 Å². The van der Waals surface area contributed by atoms with E-state index in [0.717, 1.165) is 0 Å². The monoisotopic (exact) mass is 288 g/mol. The molecule has 1 amide bonds. The highest BCUT2D eigenvalue weighted by atomic mass is 35.5. The highest BCUT2D eigenvalue weighted by Crippen LogP contribution is 2.19. The number of amides is 1. The van der Waals surface area contributed by atoms with Gasteiger partial charge in [0.15, 0.2) is 0 Å². The van der Waals surface area contributed by atoms with Gasteiger partial charge in [0.05, 0.1) is 6.04 Å². The number of alkyl carbamates (subject to hydrolysis) is 1. The van der Waals surface area contributed by atoms with Crippen molar-refractivity contribution >= 4 is 17.7 Å². The summed E-state index contributed by atoms with van der Waals surface area (Å²) in [5.41, 5.74) is 5.51. The fourth-order valence-corrected chi connectivity index (χ4v) is 1.58. The first-order chi connectivity index (χ1) is 8.69. The van der Waals surface area contributed by atoms with Gasteiger partial charge >= 0.3 is 6.09 Å². The Balaban J connectivity index is 2.56. The maximum absolute atomic E-state index is 13.6. The maximum atomic E-state index is 13.6. The van der Waals surface area contributed by atoms with E-state index in [4.69, 9.17) is 22.1 Å². The summed E-state index contributed by atoms with van der Waals surface area (Å²) in [5.74, 6) is -0.494. The summed E-state index contributed by atoms with van der Waals surface area (Å²) < 4.78 is 18.6. The second-order valence-electron chi connectivity index (χ2n) is 5.16. The Morgan fingerprint density at radius 2 is 2.16 bits per heavy atom. The molecule has 0 aromatic heterocycles. The predicted octanol–water partition coefficient (Wildman–Crippen LogP) is 3.00. The maximum Gasteiger partial charge on any atom is 0.407 e. The van der Waals surface area contributed by atoms with Crippen LogP contribution >= 0.6 is 11.6 Å². The number of rotatable bonds is 3. The highest BCUT2D eigenvalue weighted by molar-refractivity contribution is 6.30. The molecule has 0 bridgehead atoms. The molecule has 3 N–H and O–H groups in total. The minimum absolute atomic E-state index is 0.0769. The lowest BCUT2D eigenvalue weighted by molar-refractivity contribution is 0.0524. The Hall–Kier alpha value is -1.33. The summed E-state index contributed by atoms with van der Waals surface area (Å²) in [5, 5.41) is 2.79. The molecule has 106 valence electrons. The first-order valence-electron chi connectivity index (χ1n) is 5.86. The van der Waals surface area contributed by atoms with Crippen molar-refractivity contribution in [1.29, 1.82) is 0 Å². The van der Waals surface area contributed by atoms with E-state index in [0.29, 0.717) is 10.6 Å². The quantitative estimate of drug-likeness (QED) is 0.898. The summed E-state index contributed by atoms with van der Waals surface area (Å²) in [6.07, 6.45) is -0.586. The number of carbonyl (C=O) groups is 1. The molecule has 4 nitrogen and oxygen atoms in total. The fraction of sp³-hybridized carbons (Fsp3) is 0.462. The fourth-order valence-electron chi connectivity index (χ4n) is 1.42. The van der Waals surface area contributed by atoms with E-state index in [-0.39, 0.29) is 6.54 Å². The largest absolute Gasteiger partial charge is 0.444 e. The van der Waals surface area contributed by atoms with Crippen LogP contribution in [0.15, 0.2) is 18.2 Å². The van der Waals surface area contributed by atoms with Crippen molar-refractivity contribution < 1.29 is 13.9 Å². The lowest BCUT2D eigenvalue weighted by Gasteiger charge is -2.21. The van der Waals surface area contributed by atoms with Crippen molar-refractivity contribution in [2.45, 2.75) is 32.4 Å². The van der Waals surface area contributed by atoms with Gasteiger partial charge in [0.1, 0.15) is 11.4 Å². The van der Waals surface area contributed by atoms with Crippen LogP contribution in [0.25, 0.3) is 0 Å². The van der Waals surface area contributed by atoms with E-state index in [1.807, 2.05) is 0 Å². The number of nitrogens with two attached hydrogens (primary N) is 1. The van der Waals surface area contributed by atoms with E-state index < -0.39 is 23.6 Å². The SMILES string of the molecule is CC(C)(C)OC(=O)NCC(N)c1ccc(Cl)cc1F. The summed E-state index contributed by atoms with van der Waals surface area (Å²) in [4.78, 5) is 11.4. The second-order valence-corrected chi connectivity index (χ2v) is 5.59. The molecule has 1 aromatic carbocycles. The van der Waals surface area contributed by atoms with Crippen LogP contribution < -0.4 is 11.1 Å². The van der Waals surface area contributed by atoms with Crippen LogP contribution in [0.5, 0.6) is 0 Å². The van der Waals surface area contributed by atoms with Crippen LogP contribution in [-0.2, 0) is 4.74 Å². The van der Waals surface area contributed by atoms with Gasteiger partial charge in [-0.05, 0) is 32.9 Å². The molecular formula is C13H18ClFN2O2. The Morgan fingerprint density at radius 1 is 1.53 bits per heavy atom. The van der Waals surface area contributed by atoms with Crippen molar-refractivity contribution in [2.24, 2.45) is 5.73 Å². The van der Waals surface area contributed by atoms with Crippen molar-refractivity contribution in [3.8, 4) is 0 Å². The van der Waals surface area contributed by atoms with Gasteiger partial charge in [0.25, 0.3) is 0 Å². The third kappa shape index (κ3) is 5.44. The Kier molecular flexibility index (Phi) is 5.14. The molecule has 0 saturated heterocycles. The van der Waals surface area contributed by atoms with Crippen LogP contribution in [0, 0.1) is 5.82 Å². The van der Waals surface area contributed by atoms with Crippen molar-refractivity contribution in [3.63, 3.8) is 0 Å². The summed E-state index contributed by atoms with van der Waals surface area (Å²) in [6, 6.07) is 3.57. The molecule has 1 rings (SSSR count). The molecule has 1 atom stereocenters. The van der Waals surface area contributed by atoms with Crippen LogP contribution in [0.4, 0.5) is 9.18 Å². The minimum atomic E-state index is -0.662. The highest BCUT2D eigenvalue weighted by Gasteiger charge is 2.18. The van der Waals surface area contributed by atoms with Crippen LogP contribution in [0.3, 0.4) is 0 Å². The average molecular weight is 289 g/mol. The molecule has 19 heavy (non-hydrogen) atoms. The van der Waals surface area contributed by atoms with Gasteiger partial charge in [0, 0.05) is 17.1 Å². The molecule has 6 heteroatoms. The molecular weight excluding hydrogens is 271 g/mol. The second kappa shape index (κ2) is 6.21. The average Bonchev–Trinajstić information content (AvgIpc) is 2.23. The van der Waals surface area contributed by atoms with Gasteiger partial charge in [-0.2, -0.15) is 0 Å². The number of hydrogen-bond donors (Lipinski definition) is 2. The Bertz CT molecular complexity index is 460. The van der Waals surface area contributed by atoms with Gasteiger partial charge in [-0.15, -0.1) is 0 Å². The Morgan fingerprint density at radius 3 is 2.68 bits per heavy atom. The van der Waals surface area contributed by atoms with Gasteiger partial charge in [-0.1, -0.05) is 17.7 Å². The van der Waals surface area contributed by atoms with Gasteiger partial charge in [-0.3, -0.25) is 0 Å². The molecule has 0 fully saturated rings. The van der Waals surface area contributed by atoms with E-state index in [9.17, 15) is 9.18 Å². The van der Waals surface area contributed by atoms with Crippen LogP contribution in [0.2, 0.25) is 5.02 Å². The predicted molar refractivity (Wildman–Crippen MR) is 72.6 cm³/mol. The summed E-state index contributed by atoms with van der Waals surface area (Å²) >= 11 is 5.65. The zero-order chi connectivity index (χ0) is 14.6. The molecule has 1 aromatic rings. The molecule has 0 spiro atoms. The normalized spacial score (nSPS) is 12.9. The number of benzene rings is 1. The Labute approximate surface area is 117 Å². The zero-order valence-corrected chi connectivity index (χ0v) is 11.9. The molecule has 0 aliphatic carbocycles. The van der Waals surface area contributed by atoms with Crippen LogP contribution in [-0.4, -0.2) is 18.2 Å². The molecule has 0 radical (unpaired) electrons. The lowest BCUT2D eigenvalue weighted by atomic mass is 10.1. The van der Waals surface area contributed by atoms with Gasteiger partial charge < -0.3 is 15.8 Å². The van der Waals surface area contributed by atoms with E-state index in [2.05, 4.69) is 5.32 Å². The van der Waals surface area contributed by atoms with E-state index >= 15 is 0 Å². The lowest BCUT2D eigenvalue weighted by Crippen LogP contribution is -2.36. The number of ether oxygens (including phenoxy) is 1. The molecule has 1 unspecified atom stereocenters. The number of nitrogens with one attached hydrogen (secondary N) is 1. The van der Waals surface area contributed by atoms with Crippen molar-refractivity contribution in [3.05, 3.63) is 34.6 Å². The van der Waals surface area contributed by atoms with Crippen molar-refractivity contribution in [2.75, 3.05) is 6.54 Å². The van der Waals surface area contributed by atoms with Crippen molar-refractivity contribution in [1.82, 2.24) is 5.32 Å². The summed E-state index contributed by atoms with van der Waals surface area (Å²) in [6.45, 7) is 5.34. The molecule has 0 aliphatic rings. The molecule has 0 saturated carbocycles. The topological polar surface area (TPSA) is 64.3 Å². The summed E-state index contributed by atoms with van der Waals surface area (Å²) in [7, 11) is 0. The van der Waals surface area contributed by atoms with Gasteiger partial charge in [0.2, 0.25) is 0 Å². The van der Waals surface area contributed by atoms with Gasteiger partial charge in [-0.25, -0.2) is 9.18 Å². The minimum Gasteiger partial charge on any atom is -0.444 e. The van der Waals surface area contributed by atoms with Crippen LogP contribution in [0.1, 0.15) is 32.4 Å². The smallest absolute Gasteiger partial charge is 0.407 e. The van der Waals surface area contributed by atoms with E-state index in [1.54, 1.807) is 26.8 Å². The molecule has 0 heterocycles. The number of halogens is 2.